The summed E-state index contributed by atoms with van der Waals surface area (Å²) in [6, 6.07) is 14.3. The second-order valence-corrected chi connectivity index (χ2v) is 9.67. The maximum atomic E-state index is 12.8. The van der Waals surface area contributed by atoms with Crippen LogP contribution in [0.3, 0.4) is 0 Å². The molecule has 1 unspecified atom stereocenters. The number of nitrogens with zero attached hydrogens (tertiary/aromatic N) is 2. The number of halogens is 2. The first-order chi connectivity index (χ1) is 15.1. The Labute approximate surface area is 195 Å². The van der Waals surface area contributed by atoms with Gasteiger partial charge in [-0.3, -0.25) is 14.6 Å². The quantitative estimate of drug-likeness (QED) is 0.623. The zero-order valence-corrected chi connectivity index (χ0v) is 19.5. The lowest BCUT2D eigenvalue weighted by Crippen LogP contribution is -2.42. The van der Waals surface area contributed by atoms with Crippen LogP contribution in [0.2, 0.25) is 10.0 Å². The molecule has 2 heterocycles. The van der Waals surface area contributed by atoms with Crippen LogP contribution < -0.4 is 5.32 Å². The van der Waals surface area contributed by atoms with E-state index in [9.17, 15) is 4.79 Å². The summed E-state index contributed by atoms with van der Waals surface area (Å²) in [5, 5.41) is 4.48. The SMILES string of the molecule is O=C(NCc1ccc(CN2CCCC2)cc1)C1CCCN(Cc2ccc(Cl)cc2Cl)C1. The Morgan fingerprint density at radius 1 is 0.903 bits per heavy atom. The average Bonchev–Trinajstić information content (AvgIpc) is 3.28. The normalized spacial score (nSPS) is 20.1. The summed E-state index contributed by atoms with van der Waals surface area (Å²) in [5.41, 5.74) is 3.56. The third kappa shape index (κ3) is 6.45. The molecular weight excluding hydrogens is 429 g/mol. The van der Waals surface area contributed by atoms with Crippen LogP contribution in [0.1, 0.15) is 42.4 Å². The maximum Gasteiger partial charge on any atom is 0.224 e. The first-order valence-electron chi connectivity index (χ1n) is 11.3. The van der Waals surface area contributed by atoms with E-state index in [2.05, 4.69) is 39.4 Å². The summed E-state index contributed by atoms with van der Waals surface area (Å²) in [6.07, 6.45) is 4.59. The Hall–Kier alpha value is -1.59. The van der Waals surface area contributed by atoms with Gasteiger partial charge in [-0.1, -0.05) is 53.5 Å². The van der Waals surface area contributed by atoms with Gasteiger partial charge >= 0.3 is 0 Å². The van der Waals surface area contributed by atoms with Gasteiger partial charge in [0.25, 0.3) is 0 Å². The minimum atomic E-state index is 0.0225. The Bertz CT molecular complexity index is 881. The predicted octanol–water partition coefficient (Wildman–Crippen LogP) is 5.12. The Morgan fingerprint density at radius 2 is 1.61 bits per heavy atom. The standard InChI is InChI=1S/C25H31Cl2N3O/c26-23-10-9-21(24(27)14-23)17-30-13-3-4-22(18-30)25(31)28-15-19-5-7-20(8-6-19)16-29-11-1-2-12-29/h5-10,14,22H,1-4,11-13,15-18H2,(H,28,31). The van der Waals surface area contributed by atoms with E-state index in [1.807, 2.05) is 12.1 Å². The summed E-state index contributed by atoms with van der Waals surface area (Å²) in [6.45, 7) is 6.53. The molecule has 0 saturated carbocycles. The molecule has 2 aromatic carbocycles. The predicted molar refractivity (Wildman–Crippen MR) is 127 cm³/mol. The van der Waals surface area contributed by atoms with Crippen molar-refractivity contribution in [2.45, 2.75) is 45.3 Å². The summed E-state index contributed by atoms with van der Waals surface area (Å²) in [5.74, 6) is 0.169. The van der Waals surface area contributed by atoms with Crippen molar-refractivity contribution in [1.29, 1.82) is 0 Å². The van der Waals surface area contributed by atoms with Crippen LogP contribution in [0.15, 0.2) is 42.5 Å². The van der Waals surface area contributed by atoms with Crippen LogP contribution in [-0.2, 0) is 24.4 Å². The van der Waals surface area contributed by atoms with Gasteiger partial charge in [-0.2, -0.15) is 0 Å². The molecule has 0 aliphatic carbocycles. The van der Waals surface area contributed by atoms with Gasteiger partial charge in [0, 0.05) is 36.2 Å². The highest BCUT2D eigenvalue weighted by molar-refractivity contribution is 6.35. The fourth-order valence-electron chi connectivity index (χ4n) is 4.60. The third-order valence-electron chi connectivity index (χ3n) is 6.38. The van der Waals surface area contributed by atoms with Crippen LogP contribution in [0, 0.1) is 5.92 Å². The number of nitrogens with one attached hydrogen (secondary N) is 1. The monoisotopic (exact) mass is 459 g/mol. The van der Waals surface area contributed by atoms with Crippen molar-refractivity contribution < 1.29 is 4.79 Å². The fourth-order valence-corrected chi connectivity index (χ4v) is 5.07. The second-order valence-electron chi connectivity index (χ2n) is 8.83. The number of likely N-dealkylation sites (tertiary alicyclic amines) is 2. The summed E-state index contributed by atoms with van der Waals surface area (Å²) >= 11 is 12.3. The highest BCUT2D eigenvalue weighted by atomic mass is 35.5. The topological polar surface area (TPSA) is 35.6 Å². The smallest absolute Gasteiger partial charge is 0.224 e. The van der Waals surface area contributed by atoms with Gasteiger partial charge < -0.3 is 5.32 Å². The summed E-state index contributed by atoms with van der Waals surface area (Å²) in [7, 11) is 0. The van der Waals surface area contributed by atoms with E-state index in [-0.39, 0.29) is 11.8 Å². The Balaban J connectivity index is 1.25. The largest absolute Gasteiger partial charge is 0.352 e. The Morgan fingerprint density at radius 3 is 2.35 bits per heavy atom. The number of hydrogen-bond donors (Lipinski definition) is 1. The number of benzene rings is 2. The summed E-state index contributed by atoms with van der Waals surface area (Å²) < 4.78 is 0. The Kier molecular flexibility index (Phi) is 7.89. The number of amides is 1. The van der Waals surface area contributed by atoms with E-state index < -0.39 is 0 Å². The molecule has 166 valence electrons. The fraction of sp³-hybridized carbons (Fsp3) is 0.480. The van der Waals surface area contributed by atoms with E-state index >= 15 is 0 Å². The molecule has 0 aromatic heterocycles. The van der Waals surface area contributed by atoms with E-state index in [1.54, 1.807) is 6.07 Å². The first kappa shape index (κ1) is 22.6. The molecule has 2 aromatic rings. The number of carbonyl (C=O) groups is 1. The average molecular weight is 460 g/mol. The van der Waals surface area contributed by atoms with Crippen molar-refractivity contribution in [3.05, 3.63) is 69.2 Å². The molecule has 2 fully saturated rings. The molecule has 0 spiro atoms. The molecule has 0 bridgehead atoms. The molecule has 0 radical (unpaired) electrons. The van der Waals surface area contributed by atoms with Crippen molar-refractivity contribution in [2.24, 2.45) is 5.92 Å². The van der Waals surface area contributed by atoms with Crippen LogP contribution in [0.5, 0.6) is 0 Å². The highest BCUT2D eigenvalue weighted by Crippen LogP contribution is 2.25. The van der Waals surface area contributed by atoms with Gasteiger partial charge in [0.2, 0.25) is 5.91 Å². The van der Waals surface area contributed by atoms with E-state index in [0.29, 0.717) is 16.6 Å². The van der Waals surface area contributed by atoms with E-state index in [0.717, 1.165) is 50.1 Å². The molecule has 4 rings (SSSR count). The lowest BCUT2D eigenvalue weighted by molar-refractivity contribution is -0.126. The zero-order chi connectivity index (χ0) is 21.6. The molecule has 6 heteroatoms. The van der Waals surface area contributed by atoms with Crippen LogP contribution in [-0.4, -0.2) is 41.9 Å². The molecule has 2 aliphatic rings. The minimum absolute atomic E-state index is 0.0225. The number of carbonyl (C=O) groups excluding carboxylic acids is 1. The second kappa shape index (κ2) is 10.8. The van der Waals surface area contributed by atoms with E-state index in [4.69, 9.17) is 23.2 Å². The van der Waals surface area contributed by atoms with Crippen molar-refractivity contribution in [3.63, 3.8) is 0 Å². The highest BCUT2D eigenvalue weighted by Gasteiger charge is 2.26. The van der Waals surface area contributed by atoms with E-state index in [1.165, 1.54) is 31.5 Å². The first-order valence-corrected chi connectivity index (χ1v) is 12.1. The van der Waals surface area contributed by atoms with Gasteiger partial charge in [-0.15, -0.1) is 0 Å². The molecular formula is C25H31Cl2N3O. The number of piperidine rings is 1. The van der Waals surface area contributed by atoms with Crippen molar-refractivity contribution in [1.82, 2.24) is 15.1 Å². The molecule has 1 N–H and O–H groups in total. The zero-order valence-electron chi connectivity index (χ0n) is 18.0. The number of rotatable bonds is 7. The molecule has 1 atom stereocenters. The number of hydrogen-bond acceptors (Lipinski definition) is 3. The van der Waals surface area contributed by atoms with Crippen LogP contribution in [0.25, 0.3) is 0 Å². The molecule has 2 saturated heterocycles. The third-order valence-corrected chi connectivity index (χ3v) is 6.97. The van der Waals surface area contributed by atoms with Gasteiger partial charge in [0.15, 0.2) is 0 Å². The van der Waals surface area contributed by atoms with Gasteiger partial charge in [-0.05, 0) is 74.1 Å². The van der Waals surface area contributed by atoms with Crippen LogP contribution in [0.4, 0.5) is 0 Å². The maximum absolute atomic E-state index is 12.8. The lowest BCUT2D eigenvalue weighted by atomic mass is 9.96. The van der Waals surface area contributed by atoms with Crippen molar-refractivity contribution in [2.75, 3.05) is 26.2 Å². The van der Waals surface area contributed by atoms with Gasteiger partial charge in [0.1, 0.15) is 0 Å². The van der Waals surface area contributed by atoms with Crippen molar-refractivity contribution in [3.8, 4) is 0 Å². The molecule has 4 nitrogen and oxygen atoms in total. The van der Waals surface area contributed by atoms with Gasteiger partial charge in [-0.25, -0.2) is 0 Å². The molecule has 31 heavy (non-hydrogen) atoms. The minimum Gasteiger partial charge on any atom is -0.352 e. The lowest BCUT2D eigenvalue weighted by Gasteiger charge is -2.32. The molecule has 1 amide bonds. The summed E-state index contributed by atoms with van der Waals surface area (Å²) in [4.78, 5) is 17.6. The van der Waals surface area contributed by atoms with Crippen molar-refractivity contribution >= 4 is 29.1 Å². The van der Waals surface area contributed by atoms with Crippen LogP contribution >= 0.6 is 23.2 Å². The molecule has 2 aliphatic heterocycles. The van der Waals surface area contributed by atoms with Gasteiger partial charge in [0.05, 0.1) is 5.92 Å².